The highest BCUT2D eigenvalue weighted by Gasteiger charge is 2.58. The molecule has 0 spiro atoms. The Labute approximate surface area is 130 Å². The fraction of sp³-hybridized carbons (Fsp3) is 0.842. The lowest BCUT2D eigenvalue weighted by Gasteiger charge is -2.56. The van der Waals surface area contributed by atoms with Crippen molar-refractivity contribution < 1.29 is 12.6 Å². The highest BCUT2D eigenvalue weighted by Crippen LogP contribution is 2.63. The maximum absolute atomic E-state index is 12.6. The topological polar surface area (TPSA) is 37.3 Å². The number of aliphatic hydroxyl groups excluding tert-OH is 1. The van der Waals surface area contributed by atoms with E-state index >= 15 is 0 Å². The SMILES string of the molecule is [2H]C1([2H])C[C@H]2[C@@H]3CC=C4C[C@@H](O)CC[C@]4(C)[C@H]3CC[C@]2(C)C1=O. The second-order valence-electron chi connectivity index (χ2n) is 8.32. The van der Waals surface area contributed by atoms with Crippen molar-refractivity contribution in [2.24, 2.45) is 28.6 Å². The van der Waals surface area contributed by atoms with Gasteiger partial charge in [-0.05, 0) is 68.1 Å². The minimum absolute atomic E-state index is 0.146. The van der Waals surface area contributed by atoms with E-state index in [-0.39, 0.29) is 23.2 Å². The summed E-state index contributed by atoms with van der Waals surface area (Å²) in [5.74, 6) is 1.02. The Kier molecular flexibility index (Phi) is 2.51. The van der Waals surface area contributed by atoms with Gasteiger partial charge in [-0.2, -0.15) is 0 Å². The first kappa shape index (κ1) is 11.9. The minimum atomic E-state index is -1.64. The van der Waals surface area contributed by atoms with Crippen LogP contribution in [0.15, 0.2) is 11.6 Å². The van der Waals surface area contributed by atoms with Gasteiger partial charge in [0.1, 0.15) is 5.78 Å². The van der Waals surface area contributed by atoms with E-state index in [1.165, 1.54) is 5.57 Å². The minimum Gasteiger partial charge on any atom is -0.393 e. The Morgan fingerprint density at radius 1 is 1.19 bits per heavy atom. The van der Waals surface area contributed by atoms with E-state index in [0.29, 0.717) is 18.3 Å². The molecule has 4 aliphatic rings. The van der Waals surface area contributed by atoms with Crippen LogP contribution in [0.4, 0.5) is 0 Å². The number of rotatable bonds is 0. The normalized spacial score (nSPS) is 56.5. The summed E-state index contributed by atoms with van der Waals surface area (Å²) in [6, 6.07) is 0. The number of Topliss-reactive ketones (excluding diaryl/α,β-unsaturated/α-hetero) is 1. The number of carbonyl (C=O) groups excluding carboxylic acids is 1. The third-order valence-electron chi connectivity index (χ3n) is 7.47. The molecule has 4 rings (SSSR count). The zero-order chi connectivity index (χ0) is 16.6. The van der Waals surface area contributed by atoms with Crippen LogP contribution in [0.3, 0.4) is 0 Å². The van der Waals surface area contributed by atoms with Gasteiger partial charge in [-0.3, -0.25) is 4.79 Å². The first-order valence-corrected chi connectivity index (χ1v) is 8.61. The largest absolute Gasteiger partial charge is 0.393 e. The Morgan fingerprint density at radius 3 is 2.71 bits per heavy atom. The molecule has 0 aromatic rings. The van der Waals surface area contributed by atoms with E-state index in [1.807, 2.05) is 6.92 Å². The van der Waals surface area contributed by atoms with Crippen LogP contribution in [0.2, 0.25) is 0 Å². The summed E-state index contributed by atoms with van der Waals surface area (Å²) in [6.45, 7) is 4.38. The highest BCUT2D eigenvalue weighted by molar-refractivity contribution is 5.87. The van der Waals surface area contributed by atoms with Crippen molar-refractivity contribution in [2.45, 2.75) is 71.3 Å². The zero-order valence-corrected chi connectivity index (χ0v) is 13.2. The Bertz CT molecular complexity index is 584. The second kappa shape index (κ2) is 4.44. The molecule has 0 amide bonds. The molecule has 3 saturated carbocycles. The predicted octanol–water partition coefficient (Wildman–Crippen LogP) is 3.88. The van der Waals surface area contributed by atoms with Crippen molar-refractivity contribution in [3.63, 3.8) is 0 Å². The van der Waals surface area contributed by atoms with Gasteiger partial charge < -0.3 is 5.11 Å². The van der Waals surface area contributed by atoms with Crippen molar-refractivity contribution in [1.29, 1.82) is 0 Å². The first-order chi connectivity index (χ1) is 10.7. The maximum Gasteiger partial charge on any atom is 0.139 e. The Balaban J connectivity index is 1.71. The monoisotopic (exact) mass is 290 g/mol. The van der Waals surface area contributed by atoms with Gasteiger partial charge in [-0.25, -0.2) is 0 Å². The molecule has 2 nitrogen and oxygen atoms in total. The van der Waals surface area contributed by atoms with Crippen LogP contribution in [0.1, 0.15) is 67.9 Å². The van der Waals surface area contributed by atoms with Crippen LogP contribution < -0.4 is 0 Å². The van der Waals surface area contributed by atoms with Gasteiger partial charge in [-0.15, -0.1) is 0 Å². The molecule has 1 N–H and O–H groups in total. The first-order valence-electron chi connectivity index (χ1n) is 9.61. The average molecular weight is 290 g/mol. The van der Waals surface area contributed by atoms with E-state index in [1.54, 1.807) is 0 Å². The third kappa shape index (κ3) is 1.78. The molecule has 0 saturated heterocycles. The molecule has 0 aromatic carbocycles. The standard InChI is InChI=1S/C19H28O2/c1-18-9-7-13(20)11-12(18)3-4-14-15-5-6-17(21)19(15,2)10-8-16(14)18/h3,13-16,20H,4-11H2,1-2H3/t13-,14-,15-,16-,18-,19-/m0/s1/i6D2. The van der Waals surface area contributed by atoms with Crippen molar-refractivity contribution in [3.8, 4) is 0 Å². The number of hydrogen-bond acceptors (Lipinski definition) is 2. The quantitative estimate of drug-likeness (QED) is 0.687. The summed E-state index contributed by atoms with van der Waals surface area (Å²) in [5.41, 5.74) is 1.12. The summed E-state index contributed by atoms with van der Waals surface area (Å²) < 4.78 is 16.3. The Morgan fingerprint density at radius 2 is 1.90 bits per heavy atom. The second-order valence-corrected chi connectivity index (χ2v) is 8.32. The van der Waals surface area contributed by atoms with E-state index in [2.05, 4.69) is 13.0 Å². The van der Waals surface area contributed by atoms with Crippen molar-refractivity contribution in [1.82, 2.24) is 0 Å². The molecule has 0 heterocycles. The third-order valence-corrected chi connectivity index (χ3v) is 7.47. The van der Waals surface area contributed by atoms with E-state index in [0.717, 1.165) is 38.5 Å². The van der Waals surface area contributed by atoms with Gasteiger partial charge >= 0.3 is 0 Å². The van der Waals surface area contributed by atoms with Gasteiger partial charge in [0.15, 0.2) is 0 Å². The molecular weight excluding hydrogens is 260 g/mol. The average Bonchev–Trinajstić information content (AvgIpc) is 2.68. The number of ketones is 1. The van der Waals surface area contributed by atoms with Crippen molar-refractivity contribution in [3.05, 3.63) is 11.6 Å². The van der Waals surface area contributed by atoms with E-state index in [4.69, 9.17) is 2.74 Å². The van der Waals surface area contributed by atoms with Gasteiger partial charge in [-0.1, -0.05) is 25.5 Å². The van der Waals surface area contributed by atoms with E-state index < -0.39 is 11.8 Å². The summed E-state index contributed by atoms with van der Waals surface area (Å²) in [6.07, 6.45) is 6.45. The number of allylic oxidation sites excluding steroid dienone is 1. The van der Waals surface area contributed by atoms with Gasteiger partial charge in [0.05, 0.1) is 6.10 Å². The van der Waals surface area contributed by atoms with Crippen LogP contribution in [0.25, 0.3) is 0 Å². The molecule has 6 atom stereocenters. The lowest BCUT2D eigenvalue weighted by molar-refractivity contribution is -0.132. The van der Waals surface area contributed by atoms with Crippen molar-refractivity contribution in [2.75, 3.05) is 0 Å². The van der Waals surface area contributed by atoms with Crippen LogP contribution in [-0.2, 0) is 4.79 Å². The molecule has 0 unspecified atom stereocenters. The molecular formula is C19H28O2. The number of aliphatic hydroxyl groups is 1. The lowest BCUT2D eigenvalue weighted by atomic mass is 9.48. The molecule has 3 fully saturated rings. The smallest absolute Gasteiger partial charge is 0.139 e. The zero-order valence-electron chi connectivity index (χ0n) is 15.2. The maximum atomic E-state index is 12.6. The summed E-state index contributed by atoms with van der Waals surface area (Å²) in [7, 11) is 0. The van der Waals surface area contributed by atoms with Gasteiger partial charge in [0.25, 0.3) is 0 Å². The fourth-order valence-electron chi connectivity index (χ4n) is 6.02. The number of carbonyl (C=O) groups is 1. The summed E-state index contributed by atoms with van der Waals surface area (Å²) >= 11 is 0. The van der Waals surface area contributed by atoms with Crippen LogP contribution in [-0.4, -0.2) is 17.0 Å². The van der Waals surface area contributed by atoms with E-state index in [9.17, 15) is 9.90 Å². The molecule has 116 valence electrons. The number of fused-ring (bicyclic) bond motifs is 5. The van der Waals surface area contributed by atoms with Gasteiger partial charge in [0.2, 0.25) is 0 Å². The fourth-order valence-corrected chi connectivity index (χ4v) is 6.02. The van der Waals surface area contributed by atoms with Crippen LogP contribution in [0, 0.1) is 28.6 Å². The van der Waals surface area contributed by atoms with Crippen LogP contribution >= 0.6 is 0 Å². The van der Waals surface area contributed by atoms with Gasteiger partial charge in [0, 0.05) is 14.5 Å². The van der Waals surface area contributed by atoms with Crippen LogP contribution in [0.5, 0.6) is 0 Å². The molecule has 0 bridgehead atoms. The molecule has 4 aliphatic carbocycles. The molecule has 21 heavy (non-hydrogen) atoms. The Hall–Kier alpha value is -0.630. The highest BCUT2D eigenvalue weighted by atomic mass is 16.3. The predicted molar refractivity (Wildman–Crippen MR) is 82.7 cm³/mol. The van der Waals surface area contributed by atoms with Crippen molar-refractivity contribution >= 4 is 5.78 Å². The molecule has 2 heteroatoms. The molecule has 0 aromatic heterocycles. The molecule has 0 radical (unpaired) electrons. The number of hydrogen-bond donors (Lipinski definition) is 1. The molecule has 0 aliphatic heterocycles. The summed E-state index contributed by atoms with van der Waals surface area (Å²) in [5, 5.41) is 10.0. The lowest BCUT2D eigenvalue weighted by Crippen LogP contribution is -2.50. The summed E-state index contributed by atoms with van der Waals surface area (Å²) in [4.78, 5) is 12.6.